The highest BCUT2D eigenvalue weighted by molar-refractivity contribution is 5.53. The minimum absolute atomic E-state index is 0.0778. The van der Waals surface area contributed by atoms with Gasteiger partial charge in [0.15, 0.2) is 11.6 Å². The average molecular weight is 239 g/mol. The molecule has 1 aromatic carbocycles. The van der Waals surface area contributed by atoms with Crippen LogP contribution in [0.1, 0.15) is 18.4 Å². The van der Waals surface area contributed by atoms with E-state index in [1.807, 2.05) is 0 Å². The molecule has 1 aliphatic heterocycles. The van der Waals surface area contributed by atoms with Crippen LogP contribution < -0.4 is 0 Å². The first-order valence-electron chi connectivity index (χ1n) is 5.80. The molecule has 0 bridgehead atoms. The first-order chi connectivity index (χ1) is 8.19. The van der Waals surface area contributed by atoms with Gasteiger partial charge in [0.25, 0.3) is 0 Å². The van der Waals surface area contributed by atoms with Gasteiger partial charge >= 0.3 is 0 Å². The van der Waals surface area contributed by atoms with Gasteiger partial charge in [0.1, 0.15) is 6.29 Å². The van der Waals surface area contributed by atoms with Crippen molar-refractivity contribution < 1.29 is 13.6 Å². The third-order valence-electron chi connectivity index (χ3n) is 3.12. The van der Waals surface area contributed by atoms with Gasteiger partial charge in [-0.1, -0.05) is 6.07 Å². The third kappa shape index (κ3) is 3.09. The highest BCUT2D eigenvalue weighted by Gasteiger charge is 2.19. The minimum atomic E-state index is -0.821. The number of carbonyl (C=O) groups is 1. The van der Waals surface area contributed by atoms with E-state index in [1.165, 1.54) is 6.07 Å². The van der Waals surface area contributed by atoms with Crippen LogP contribution in [-0.4, -0.2) is 24.3 Å². The molecule has 1 fully saturated rings. The van der Waals surface area contributed by atoms with Gasteiger partial charge in [-0.25, -0.2) is 8.78 Å². The SMILES string of the molecule is O=CC1CCCN(Cc2ccc(F)c(F)c2)C1. The van der Waals surface area contributed by atoms with E-state index in [2.05, 4.69) is 4.90 Å². The largest absolute Gasteiger partial charge is 0.303 e. The molecule has 1 atom stereocenters. The van der Waals surface area contributed by atoms with Crippen molar-refractivity contribution in [2.24, 2.45) is 5.92 Å². The monoisotopic (exact) mass is 239 g/mol. The van der Waals surface area contributed by atoms with Crippen LogP contribution in [0.15, 0.2) is 18.2 Å². The molecule has 0 N–H and O–H groups in total. The summed E-state index contributed by atoms with van der Waals surface area (Å²) in [6.07, 6.45) is 2.89. The summed E-state index contributed by atoms with van der Waals surface area (Å²) in [6, 6.07) is 3.95. The van der Waals surface area contributed by atoms with Crippen LogP contribution in [-0.2, 0) is 11.3 Å². The molecule has 2 nitrogen and oxygen atoms in total. The number of piperidine rings is 1. The number of hydrogen-bond acceptors (Lipinski definition) is 2. The van der Waals surface area contributed by atoms with E-state index < -0.39 is 11.6 Å². The second-order valence-corrected chi connectivity index (χ2v) is 4.52. The van der Waals surface area contributed by atoms with E-state index in [4.69, 9.17) is 0 Å². The summed E-state index contributed by atoms with van der Waals surface area (Å²) in [5, 5.41) is 0. The van der Waals surface area contributed by atoms with E-state index in [0.29, 0.717) is 13.1 Å². The summed E-state index contributed by atoms with van der Waals surface area (Å²) in [4.78, 5) is 12.8. The van der Waals surface area contributed by atoms with Crippen LogP contribution in [0.2, 0.25) is 0 Å². The number of nitrogens with zero attached hydrogens (tertiary/aromatic N) is 1. The molecule has 0 spiro atoms. The molecule has 0 aromatic heterocycles. The molecule has 4 heteroatoms. The van der Waals surface area contributed by atoms with Gasteiger partial charge in [0.05, 0.1) is 0 Å². The summed E-state index contributed by atoms with van der Waals surface area (Å²) >= 11 is 0. The molecule has 1 unspecified atom stereocenters. The number of aldehydes is 1. The zero-order valence-electron chi connectivity index (χ0n) is 9.53. The fraction of sp³-hybridized carbons (Fsp3) is 0.462. The van der Waals surface area contributed by atoms with Gasteiger partial charge < -0.3 is 4.79 Å². The molecule has 1 saturated heterocycles. The molecule has 1 heterocycles. The van der Waals surface area contributed by atoms with Gasteiger partial charge in [-0.15, -0.1) is 0 Å². The Labute approximate surface area is 99.2 Å². The fourth-order valence-corrected chi connectivity index (χ4v) is 2.24. The lowest BCUT2D eigenvalue weighted by Gasteiger charge is -2.30. The van der Waals surface area contributed by atoms with Crippen molar-refractivity contribution in [1.29, 1.82) is 0 Å². The third-order valence-corrected chi connectivity index (χ3v) is 3.12. The summed E-state index contributed by atoms with van der Waals surface area (Å²) < 4.78 is 25.8. The van der Waals surface area contributed by atoms with Crippen molar-refractivity contribution in [3.05, 3.63) is 35.4 Å². The van der Waals surface area contributed by atoms with Crippen LogP contribution in [0.5, 0.6) is 0 Å². The molecule has 1 aromatic rings. The molecular weight excluding hydrogens is 224 g/mol. The lowest BCUT2D eigenvalue weighted by Crippen LogP contribution is -2.35. The Morgan fingerprint density at radius 3 is 2.88 bits per heavy atom. The number of likely N-dealkylation sites (tertiary alicyclic amines) is 1. The number of benzene rings is 1. The van der Waals surface area contributed by atoms with Crippen molar-refractivity contribution in [3.8, 4) is 0 Å². The Bertz CT molecular complexity index is 408. The van der Waals surface area contributed by atoms with E-state index in [-0.39, 0.29) is 5.92 Å². The number of halogens is 2. The van der Waals surface area contributed by atoms with Crippen molar-refractivity contribution in [2.75, 3.05) is 13.1 Å². The van der Waals surface area contributed by atoms with Crippen LogP contribution in [0, 0.1) is 17.6 Å². The molecule has 92 valence electrons. The topological polar surface area (TPSA) is 20.3 Å². The summed E-state index contributed by atoms with van der Waals surface area (Å²) in [5.41, 5.74) is 0.746. The zero-order chi connectivity index (χ0) is 12.3. The van der Waals surface area contributed by atoms with Gasteiger partial charge in [0.2, 0.25) is 0 Å². The Hall–Kier alpha value is -1.29. The van der Waals surface area contributed by atoms with Crippen LogP contribution in [0.3, 0.4) is 0 Å². The molecule has 17 heavy (non-hydrogen) atoms. The maximum absolute atomic E-state index is 13.0. The number of hydrogen-bond donors (Lipinski definition) is 0. The maximum Gasteiger partial charge on any atom is 0.159 e. The Morgan fingerprint density at radius 1 is 1.35 bits per heavy atom. The van der Waals surface area contributed by atoms with Gasteiger partial charge in [-0.05, 0) is 37.1 Å². The quantitative estimate of drug-likeness (QED) is 0.755. The predicted octanol–water partition coefficient (Wildman–Crippen LogP) is 2.38. The summed E-state index contributed by atoms with van der Waals surface area (Å²) in [6.45, 7) is 2.19. The average Bonchev–Trinajstić information content (AvgIpc) is 2.34. The summed E-state index contributed by atoms with van der Waals surface area (Å²) in [5.74, 6) is -1.56. The van der Waals surface area contributed by atoms with Crippen LogP contribution >= 0.6 is 0 Å². The molecule has 0 saturated carbocycles. The highest BCUT2D eigenvalue weighted by Crippen LogP contribution is 2.18. The maximum atomic E-state index is 13.0. The second-order valence-electron chi connectivity index (χ2n) is 4.52. The van der Waals surface area contributed by atoms with Crippen molar-refractivity contribution >= 4 is 6.29 Å². The molecule has 0 aliphatic carbocycles. The predicted molar refractivity (Wildman–Crippen MR) is 60.4 cm³/mol. The molecular formula is C13H15F2NO. The lowest BCUT2D eigenvalue weighted by molar-refractivity contribution is -0.112. The Morgan fingerprint density at radius 2 is 2.18 bits per heavy atom. The number of carbonyl (C=O) groups excluding carboxylic acids is 1. The standard InChI is InChI=1S/C13H15F2NO/c14-12-4-3-10(6-13(12)15)7-16-5-1-2-11(8-16)9-17/h3-4,6,9,11H,1-2,5,7-8H2. The smallest absolute Gasteiger partial charge is 0.159 e. The van der Waals surface area contributed by atoms with E-state index in [9.17, 15) is 13.6 Å². The molecule has 0 amide bonds. The van der Waals surface area contributed by atoms with Crippen LogP contribution in [0.4, 0.5) is 8.78 Å². The molecule has 2 rings (SSSR count). The van der Waals surface area contributed by atoms with Gasteiger partial charge in [0, 0.05) is 19.0 Å². The van der Waals surface area contributed by atoms with Gasteiger partial charge in [-0.3, -0.25) is 4.90 Å². The molecule has 1 aliphatic rings. The van der Waals surface area contributed by atoms with E-state index in [0.717, 1.165) is 37.3 Å². The first-order valence-corrected chi connectivity index (χ1v) is 5.80. The van der Waals surface area contributed by atoms with Crippen molar-refractivity contribution in [1.82, 2.24) is 4.90 Å². The zero-order valence-corrected chi connectivity index (χ0v) is 9.53. The number of rotatable bonds is 3. The van der Waals surface area contributed by atoms with Crippen molar-refractivity contribution in [3.63, 3.8) is 0 Å². The first kappa shape index (κ1) is 12.2. The summed E-state index contributed by atoms with van der Waals surface area (Å²) in [7, 11) is 0. The highest BCUT2D eigenvalue weighted by atomic mass is 19.2. The Balaban J connectivity index is 2.00. The van der Waals surface area contributed by atoms with Gasteiger partial charge in [-0.2, -0.15) is 0 Å². The normalized spacial score (nSPS) is 21.4. The van der Waals surface area contributed by atoms with E-state index in [1.54, 1.807) is 6.07 Å². The van der Waals surface area contributed by atoms with E-state index >= 15 is 0 Å². The fourth-order valence-electron chi connectivity index (χ4n) is 2.24. The Kier molecular flexibility index (Phi) is 3.84. The molecule has 0 radical (unpaired) electrons. The lowest BCUT2D eigenvalue weighted by atomic mass is 9.99. The second kappa shape index (κ2) is 5.36. The van der Waals surface area contributed by atoms with Crippen molar-refractivity contribution in [2.45, 2.75) is 19.4 Å². The van der Waals surface area contributed by atoms with Crippen LogP contribution in [0.25, 0.3) is 0 Å². The minimum Gasteiger partial charge on any atom is -0.303 e.